The number of anilines is 1. The fourth-order valence-electron chi connectivity index (χ4n) is 4.44. The van der Waals surface area contributed by atoms with Crippen LogP contribution in [0.15, 0.2) is 27.0 Å². The first-order chi connectivity index (χ1) is 14.8. The van der Waals surface area contributed by atoms with Gasteiger partial charge in [0.05, 0.1) is 0 Å². The Morgan fingerprint density at radius 1 is 1.10 bits per heavy atom. The second kappa shape index (κ2) is 8.49. The number of thioether (sulfide) groups is 1. The normalized spacial score (nSPS) is 19.3. The molecule has 9 nitrogen and oxygen atoms in total. The highest BCUT2D eigenvalue weighted by Gasteiger charge is 2.28. The van der Waals surface area contributed by atoms with Crippen LogP contribution in [0.3, 0.4) is 0 Å². The average Bonchev–Trinajstić information content (AvgIpc) is 3.10. The van der Waals surface area contributed by atoms with Gasteiger partial charge in [0.1, 0.15) is 0 Å². The van der Waals surface area contributed by atoms with E-state index < -0.39 is 0 Å². The minimum atomic E-state index is -0.364. The van der Waals surface area contributed by atoms with E-state index in [0.717, 1.165) is 29.3 Å². The minimum Gasteiger partial charge on any atom is -0.342 e. The van der Waals surface area contributed by atoms with E-state index in [0.29, 0.717) is 40.5 Å². The summed E-state index contributed by atoms with van der Waals surface area (Å²) < 4.78 is 4.59. The van der Waals surface area contributed by atoms with Crippen molar-refractivity contribution in [2.75, 3.05) is 23.7 Å². The summed E-state index contributed by atoms with van der Waals surface area (Å²) in [6.07, 6.45) is 2.93. The molecule has 0 N–H and O–H groups in total. The number of piperidine rings is 1. The second-order valence-corrected chi connectivity index (χ2v) is 9.68. The molecule has 166 valence electrons. The molecule has 1 fully saturated rings. The third-order valence-electron chi connectivity index (χ3n) is 5.80. The summed E-state index contributed by atoms with van der Waals surface area (Å²) in [5.74, 6) is 2.53. The molecule has 31 heavy (non-hydrogen) atoms. The van der Waals surface area contributed by atoms with Crippen LogP contribution >= 0.6 is 11.8 Å². The number of hydrogen-bond donors (Lipinski definition) is 0. The largest absolute Gasteiger partial charge is 0.342 e. The van der Waals surface area contributed by atoms with Crippen molar-refractivity contribution in [3.63, 3.8) is 0 Å². The zero-order valence-corrected chi connectivity index (χ0v) is 19.5. The lowest BCUT2D eigenvalue weighted by molar-refractivity contribution is 0.352. The molecule has 0 aliphatic carbocycles. The van der Waals surface area contributed by atoms with Gasteiger partial charge < -0.3 is 9.47 Å². The van der Waals surface area contributed by atoms with E-state index in [4.69, 9.17) is 4.98 Å². The predicted molar refractivity (Wildman–Crippen MR) is 123 cm³/mol. The molecule has 4 heterocycles. The quantitative estimate of drug-likeness (QED) is 0.439. The summed E-state index contributed by atoms with van der Waals surface area (Å²) in [5.41, 5.74) is 1.15. The van der Waals surface area contributed by atoms with E-state index >= 15 is 0 Å². The van der Waals surface area contributed by atoms with Crippen molar-refractivity contribution in [1.29, 1.82) is 0 Å². The minimum absolute atomic E-state index is 0.313. The molecule has 0 aromatic carbocycles. The molecule has 0 unspecified atom stereocenters. The highest BCUT2D eigenvalue weighted by atomic mass is 32.2. The summed E-state index contributed by atoms with van der Waals surface area (Å²) in [5, 5.41) is 0.714. The zero-order chi connectivity index (χ0) is 22.3. The van der Waals surface area contributed by atoms with Gasteiger partial charge >= 0.3 is 5.69 Å². The van der Waals surface area contributed by atoms with Gasteiger partial charge in [-0.25, -0.2) is 14.8 Å². The van der Waals surface area contributed by atoms with Crippen LogP contribution in [0.2, 0.25) is 0 Å². The molecular formula is C21H29N7O2S. The maximum absolute atomic E-state index is 13.1. The molecule has 0 radical (unpaired) electrons. The number of imidazole rings is 1. The average molecular weight is 444 g/mol. The Morgan fingerprint density at radius 3 is 2.48 bits per heavy atom. The summed E-state index contributed by atoms with van der Waals surface area (Å²) in [6, 6.07) is 1.87. The third kappa shape index (κ3) is 4.13. The van der Waals surface area contributed by atoms with E-state index in [1.54, 1.807) is 25.0 Å². The smallest absolute Gasteiger partial charge is 0.332 e. The van der Waals surface area contributed by atoms with Crippen molar-refractivity contribution >= 4 is 28.9 Å². The van der Waals surface area contributed by atoms with Gasteiger partial charge in [-0.05, 0) is 31.2 Å². The molecule has 2 atom stereocenters. The maximum atomic E-state index is 13.1. The molecule has 0 amide bonds. The van der Waals surface area contributed by atoms with Gasteiger partial charge in [0, 0.05) is 51.4 Å². The second-order valence-electron chi connectivity index (χ2n) is 8.62. The Hall–Kier alpha value is -2.62. The summed E-state index contributed by atoms with van der Waals surface area (Å²) in [7, 11) is 3.18. The number of rotatable bonds is 5. The van der Waals surface area contributed by atoms with Crippen LogP contribution in [-0.4, -0.2) is 47.5 Å². The number of aromatic nitrogens is 6. The molecule has 0 bridgehead atoms. The van der Waals surface area contributed by atoms with Crippen molar-refractivity contribution in [3.8, 4) is 0 Å². The van der Waals surface area contributed by atoms with Crippen LogP contribution in [-0.2, 0) is 20.6 Å². The van der Waals surface area contributed by atoms with Crippen LogP contribution in [0, 0.1) is 18.8 Å². The number of hydrogen-bond acceptors (Lipinski definition) is 7. The molecule has 1 aliphatic heterocycles. The number of nitrogens with zero attached hydrogens (tertiary/aromatic N) is 7. The van der Waals surface area contributed by atoms with E-state index in [1.165, 1.54) is 18.0 Å². The van der Waals surface area contributed by atoms with Crippen molar-refractivity contribution < 1.29 is 0 Å². The van der Waals surface area contributed by atoms with Crippen LogP contribution in [0.5, 0.6) is 0 Å². The van der Waals surface area contributed by atoms with Gasteiger partial charge in [-0.3, -0.25) is 13.9 Å². The monoisotopic (exact) mass is 443 g/mol. The molecule has 0 spiro atoms. The van der Waals surface area contributed by atoms with Crippen LogP contribution in [0.1, 0.15) is 26.0 Å². The first-order valence-electron chi connectivity index (χ1n) is 10.6. The number of fused-ring (bicyclic) bond motifs is 1. The molecule has 10 heteroatoms. The summed E-state index contributed by atoms with van der Waals surface area (Å²) in [6.45, 7) is 8.77. The van der Waals surface area contributed by atoms with Crippen molar-refractivity contribution in [1.82, 2.24) is 28.7 Å². The van der Waals surface area contributed by atoms with Crippen molar-refractivity contribution in [2.24, 2.45) is 25.9 Å². The van der Waals surface area contributed by atoms with Crippen LogP contribution in [0.25, 0.3) is 11.2 Å². The Labute approximate surface area is 185 Å². The van der Waals surface area contributed by atoms with Gasteiger partial charge in [-0.1, -0.05) is 25.6 Å². The molecule has 1 saturated heterocycles. The van der Waals surface area contributed by atoms with Crippen LogP contribution < -0.4 is 16.1 Å². The molecule has 4 rings (SSSR count). The Bertz CT molecular complexity index is 1220. The Morgan fingerprint density at radius 2 is 1.81 bits per heavy atom. The van der Waals surface area contributed by atoms with Crippen molar-refractivity contribution in [3.05, 3.63) is 38.8 Å². The predicted octanol–water partition coefficient (Wildman–Crippen LogP) is 1.81. The van der Waals surface area contributed by atoms with Crippen LogP contribution in [0.4, 0.5) is 5.95 Å². The lowest BCUT2D eigenvalue weighted by atomic mass is 9.92. The van der Waals surface area contributed by atoms with Gasteiger partial charge in [0.25, 0.3) is 5.56 Å². The highest BCUT2D eigenvalue weighted by Crippen LogP contribution is 2.28. The van der Waals surface area contributed by atoms with E-state index in [2.05, 4.69) is 28.7 Å². The van der Waals surface area contributed by atoms with Gasteiger partial charge in [0.15, 0.2) is 16.3 Å². The molecule has 3 aromatic rings. The fraction of sp³-hybridized carbons (Fsp3) is 0.571. The van der Waals surface area contributed by atoms with Gasteiger partial charge in [0.2, 0.25) is 5.95 Å². The lowest BCUT2D eigenvalue weighted by Crippen LogP contribution is -2.40. The van der Waals surface area contributed by atoms with Crippen molar-refractivity contribution in [2.45, 2.75) is 38.9 Å². The number of aryl methyl sites for hydroxylation is 3. The van der Waals surface area contributed by atoms with Gasteiger partial charge in [-0.2, -0.15) is 4.98 Å². The third-order valence-corrected chi connectivity index (χ3v) is 6.64. The van der Waals surface area contributed by atoms with E-state index in [-0.39, 0.29) is 11.2 Å². The molecule has 1 aliphatic rings. The summed E-state index contributed by atoms with van der Waals surface area (Å²) in [4.78, 5) is 41.4. The molecule has 0 saturated carbocycles. The standard InChI is InChI=1S/C21H29N7O2S/c1-13-10-14(2)12-27(11-13)20-24-17-16(18(29)26(5)21(30)25(17)4)28(20)8-9-31-19-22-7-6-15(3)23-19/h6-7,13-14H,8-12H2,1-5H3/t13-,14+. The molecular weight excluding hydrogens is 414 g/mol. The lowest BCUT2D eigenvalue weighted by Gasteiger charge is -2.35. The summed E-state index contributed by atoms with van der Waals surface area (Å²) >= 11 is 1.55. The van der Waals surface area contributed by atoms with E-state index in [1.807, 2.05) is 17.6 Å². The highest BCUT2D eigenvalue weighted by molar-refractivity contribution is 7.99. The fourth-order valence-corrected chi connectivity index (χ4v) is 5.24. The molecule has 3 aromatic heterocycles. The maximum Gasteiger partial charge on any atom is 0.332 e. The SMILES string of the molecule is Cc1ccnc(SCCn2c(N3C[C@H](C)C[C@H](C)C3)nc3c2c(=O)n(C)c(=O)n3C)n1. The zero-order valence-electron chi connectivity index (χ0n) is 18.7. The Balaban J connectivity index is 1.76. The topological polar surface area (TPSA) is 90.8 Å². The first-order valence-corrected chi connectivity index (χ1v) is 11.6. The first kappa shape index (κ1) is 21.6. The Kier molecular flexibility index (Phi) is 5.92. The van der Waals surface area contributed by atoms with E-state index in [9.17, 15) is 9.59 Å². The van der Waals surface area contributed by atoms with Gasteiger partial charge in [-0.15, -0.1) is 0 Å².